The molecule has 3 aromatic carbocycles. The Morgan fingerprint density at radius 3 is 2.34 bits per heavy atom. The first kappa shape index (κ1) is 21.4. The van der Waals surface area contributed by atoms with Crippen molar-refractivity contribution in [1.29, 1.82) is 0 Å². The number of benzene rings is 3. The third-order valence-corrected chi connectivity index (χ3v) is 5.60. The summed E-state index contributed by atoms with van der Waals surface area (Å²) in [4.78, 5) is 27.4. The van der Waals surface area contributed by atoms with Crippen molar-refractivity contribution in [2.24, 2.45) is 0 Å². The summed E-state index contributed by atoms with van der Waals surface area (Å²) < 4.78 is 27.1. The van der Waals surface area contributed by atoms with E-state index in [-0.39, 0.29) is 23.4 Å². The van der Waals surface area contributed by atoms with Gasteiger partial charge in [-0.3, -0.25) is 9.59 Å². The first-order valence-electron chi connectivity index (χ1n) is 10.1. The molecule has 1 aliphatic rings. The lowest BCUT2D eigenvalue weighted by molar-refractivity contribution is -0.140. The van der Waals surface area contributed by atoms with E-state index in [4.69, 9.17) is 0 Å². The van der Waals surface area contributed by atoms with E-state index >= 15 is 0 Å². The highest BCUT2D eigenvalue weighted by molar-refractivity contribution is 6.46. The molecule has 1 atom stereocenters. The summed E-state index contributed by atoms with van der Waals surface area (Å²) >= 11 is 0. The molecular weight excluding hydrogens is 412 g/mol. The lowest BCUT2D eigenvalue weighted by atomic mass is 9.94. The van der Waals surface area contributed by atoms with Crippen molar-refractivity contribution in [2.75, 3.05) is 0 Å². The normalized spacial score (nSPS) is 17.8. The van der Waals surface area contributed by atoms with E-state index in [1.54, 1.807) is 25.1 Å². The highest BCUT2D eigenvalue weighted by Gasteiger charge is 2.46. The average molecular weight is 433 g/mol. The van der Waals surface area contributed by atoms with Gasteiger partial charge < -0.3 is 10.0 Å². The van der Waals surface area contributed by atoms with Crippen molar-refractivity contribution in [3.8, 4) is 0 Å². The molecule has 0 spiro atoms. The summed E-state index contributed by atoms with van der Waals surface area (Å²) in [6, 6.07) is 16.2. The molecule has 0 aliphatic carbocycles. The number of aliphatic hydroxyl groups is 1. The Bertz CT molecular complexity index is 1250. The number of ketones is 1. The van der Waals surface area contributed by atoms with Crippen LogP contribution in [0.3, 0.4) is 0 Å². The first-order chi connectivity index (χ1) is 15.3. The predicted molar refractivity (Wildman–Crippen MR) is 117 cm³/mol. The van der Waals surface area contributed by atoms with Crippen LogP contribution in [0.1, 0.15) is 33.9 Å². The van der Waals surface area contributed by atoms with Crippen molar-refractivity contribution < 1.29 is 23.5 Å². The van der Waals surface area contributed by atoms with Crippen LogP contribution in [0.25, 0.3) is 5.76 Å². The lowest BCUT2D eigenvalue weighted by Gasteiger charge is -2.25. The van der Waals surface area contributed by atoms with Gasteiger partial charge in [0.25, 0.3) is 11.7 Å². The zero-order valence-corrected chi connectivity index (χ0v) is 17.6. The van der Waals surface area contributed by atoms with Gasteiger partial charge >= 0.3 is 0 Å². The van der Waals surface area contributed by atoms with Gasteiger partial charge in [-0.2, -0.15) is 0 Å². The summed E-state index contributed by atoms with van der Waals surface area (Å²) in [7, 11) is 0. The van der Waals surface area contributed by atoms with E-state index in [2.05, 4.69) is 0 Å². The van der Waals surface area contributed by atoms with Crippen LogP contribution in [0.5, 0.6) is 0 Å². The average Bonchev–Trinajstić information content (AvgIpc) is 3.01. The van der Waals surface area contributed by atoms with Crippen molar-refractivity contribution in [3.63, 3.8) is 0 Å². The van der Waals surface area contributed by atoms with Crippen molar-refractivity contribution >= 4 is 17.4 Å². The molecule has 1 N–H and O–H groups in total. The number of carbonyl (C=O) groups is 2. The summed E-state index contributed by atoms with van der Waals surface area (Å²) in [6.07, 6.45) is 0. The molecule has 1 unspecified atom stereocenters. The Kier molecular flexibility index (Phi) is 5.61. The number of carbonyl (C=O) groups excluding carboxylic acids is 2. The zero-order chi connectivity index (χ0) is 23.0. The molecule has 0 radical (unpaired) electrons. The Labute approximate surface area is 184 Å². The van der Waals surface area contributed by atoms with E-state index in [0.717, 1.165) is 5.56 Å². The topological polar surface area (TPSA) is 57.6 Å². The second kappa shape index (κ2) is 8.38. The maximum absolute atomic E-state index is 13.7. The highest BCUT2D eigenvalue weighted by Crippen LogP contribution is 2.40. The molecule has 0 aromatic heterocycles. The molecule has 1 heterocycles. The minimum atomic E-state index is -0.842. The number of halogens is 2. The quantitative estimate of drug-likeness (QED) is 0.349. The zero-order valence-electron chi connectivity index (χ0n) is 17.6. The van der Waals surface area contributed by atoms with Crippen molar-refractivity contribution in [1.82, 2.24) is 4.90 Å². The molecule has 1 amide bonds. The standard InChI is InChI=1S/C26H21F2NO3/c1-15-4-3-5-18(12-15)23-22(24(30)19-8-11-21(28)16(2)13-19)25(31)26(32)29(23)14-17-6-9-20(27)10-7-17/h3-13,23,30H,14H2,1-2H3/b24-22-. The lowest BCUT2D eigenvalue weighted by Crippen LogP contribution is -2.29. The Hall–Kier alpha value is -3.80. The van der Waals surface area contributed by atoms with Crippen LogP contribution in [0.15, 0.2) is 72.3 Å². The molecule has 1 fully saturated rings. The summed E-state index contributed by atoms with van der Waals surface area (Å²) in [5, 5.41) is 11.1. The number of hydrogen-bond acceptors (Lipinski definition) is 3. The monoisotopic (exact) mass is 433 g/mol. The van der Waals surface area contributed by atoms with Gasteiger partial charge in [-0.1, -0.05) is 42.0 Å². The van der Waals surface area contributed by atoms with E-state index in [1.807, 2.05) is 25.1 Å². The maximum Gasteiger partial charge on any atom is 0.295 e. The second-order valence-electron chi connectivity index (χ2n) is 7.93. The van der Waals surface area contributed by atoms with Gasteiger partial charge in [0.1, 0.15) is 17.4 Å². The third kappa shape index (κ3) is 3.91. The predicted octanol–water partition coefficient (Wildman–Crippen LogP) is 5.20. The SMILES string of the molecule is Cc1cccc(C2/C(=C(/O)c3ccc(F)c(C)c3)C(=O)C(=O)N2Cc2ccc(F)cc2)c1. The molecule has 32 heavy (non-hydrogen) atoms. The van der Waals surface area contributed by atoms with Crippen LogP contribution in [0, 0.1) is 25.5 Å². The van der Waals surface area contributed by atoms with E-state index in [1.165, 1.54) is 35.2 Å². The van der Waals surface area contributed by atoms with E-state index < -0.39 is 29.4 Å². The fraction of sp³-hybridized carbons (Fsp3) is 0.154. The molecule has 162 valence electrons. The highest BCUT2D eigenvalue weighted by atomic mass is 19.1. The van der Waals surface area contributed by atoms with Gasteiger partial charge in [-0.15, -0.1) is 0 Å². The Balaban J connectivity index is 1.87. The number of aliphatic hydroxyl groups excluding tert-OH is 1. The molecule has 0 saturated carbocycles. The largest absolute Gasteiger partial charge is 0.507 e. The van der Waals surface area contributed by atoms with Crippen LogP contribution >= 0.6 is 0 Å². The second-order valence-corrected chi connectivity index (χ2v) is 7.93. The molecule has 4 nitrogen and oxygen atoms in total. The Morgan fingerprint density at radius 1 is 0.969 bits per heavy atom. The van der Waals surface area contributed by atoms with E-state index in [9.17, 15) is 23.5 Å². The van der Waals surface area contributed by atoms with Gasteiger partial charge in [-0.25, -0.2) is 8.78 Å². The number of amides is 1. The van der Waals surface area contributed by atoms with Gasteiger partial charge in [0.15, 0.2) is 0 Å². The molecule has 4 rings (SSSR count). The first-order valence-corrected chi connectivity index (χ1v) is 10.1. The molecule has 1 aliphatic heterocycles. The van der Waals surface area contributed by atoms with Gasteiger partial charge in [0.05, 0.1) is 11.6 Å². The smallest absolute Gasteiger partial charge is 0.295 e. The number of nitrogens with zero attached hydrogens (tertiary/aromatic N) is 1. The number of rotatable bonds is 4. The van der Waals surface area contributed by atoms with Crippen LogP contribution in [0.2, 0.25) is 0 Å². The summed E-state index contributed by atoms with van der Waals surface area (Å²) in [5.74, 6) is -2.79. The molecule has 1 saturated heterocycles. The molecule has 3 aromatic rings. The van der Waals surface area contributed by atoms with Gasteiger partial charge in [-0.05, 0) is 60.9 Å². The number of Topliss-reactive ketones (excluding diaryl/α,β-unsaturated/α-hetero) is 1. The minimum absolute atomic E-state index is 0.0582. The van der Waals surface area contributed by atoms with Crippen LogP contribution in [-0.2, 0) is 16.1 Å². The van der Waals surface area contributed by atoms with Crippen molar-refractivity contribution in [2.45, 2.75) is 26.4 Å². The van der Waals surface area contributed by atoms with Gasteiger partial charge in [0, 0.05) is 12.1 Å². The third-order valence-electron chi connectivity index (χ3n) is 5.60. The Morgan fingerprint density at radius 2 is 1.69 bits per heavy atom. The summed E-state index contributed by atoms with van der Waals surface area (Å²) in [5.41, 5.74) is 2.72. The van der Waals surface area contributed by atoms with Crippen LogP contribution < -0.4 is 0 Å². The number of aryl methyl sites for hydroxylation is 2. The van der Waals surface area contributed by atoms with Crippen molar-refractivity contribution in [3.05, 3.63) is 112 Å². The molecular formula is C26H21F2NO3. The van der Waals surface area contributed by atoms with E-state index in [0.29, 0.717) is 16.7 Å². The minimum Gasteiger partial charge on any atom is -0.507 e. The molecule has 0 bridgehead atoms. The molecule has 6 heteroatoms. The number of likely N-dealkylation sites (tertiary alicyclic amines) is 1. The number of hydrogen-bond donors (Lipinski definition) is 1. The van der Waals surface area contributed by atoms with Crippen LogP contribution in [0.4, 0.5) is 8.78 Å². The maximum atomic E-state index is 13.7. The summed E-state index contributed by atoms with van der Waals surface area (Å²) in [6.45, 7) is 3.50. The van der Waals surface area contributed by atoms with Crippen LogP contribution in [-0.4, -0.2) is 21.7 Å². The van der Waals surface area contributed by atoms with Gasteiger partial charge in [0.2, 0.25) is 0 Å². The fourth-order valence-corrected chi connectivity index (χ4v) is 3.96. The fourth-order valence-electron chi connectivity index (χ4n) is 3.96.